The van der Waals surface area contributed by atoms with E-state index in [0.29, 0.717) is 5.82 Å². The lowest BCUT2D eigenvalue weighted by Crippen LogP contribution is -2.20. The molecule has 1 heterocycles. The van der Waals surface area contributed by atoms with Gasteiger partial charge in [-0.3, -0.25) is 10.2 Å². The minimum atomic E-state index is -4.47. The minimum Gasteiger partial charge on any atom is -0.405 e. The summed E-state index contributed by atoms with van der Waals surface area (Å²) in [5, 5.41) is 10.5. The van der Waals surface area contributed by atoms with E-state index in [1.807, 2.05) is 0 Å². The molecular formula is C19H16F3N5O. The molecule has 1 aromatic carbocycles. The molecule has 0 amide bonds. The Balaban J connectivity index is 2.10. The van der Waals surface area contributed by atoms with E-state index in [2.05, 4.69) is 15.3 Å². The second kappa shape index (κ2) is 9.26. The van der Waals surface area contributed by atoms with Gasteiger partial charge in [-0.1, -0.05) is 12.1 Å². The largest absolute Gasteiger partial charge is 0.416 e. The molecule has 2 aromatic rings. The van der Waals surface area contributed by atoms with Crippen LogP contribution in [0, 0.1) is 5.41 Å². The summed E-state index contributed by atoms with van der Waals surface area (Å²) in [5.41, 5.74) is 4.21. The Morgan fingerprint density at radius 1 is 1.18 bits per heavy atom. The van der Waals surface area contributed by atoms with Crippen LogP contribution in [0.2, 0.25) is 0 Å². The van der Waals surface area contributed by atoms with Crippen LogP contribution < -0.4 is 11.1 Å². The van der Waals surface area contributed by atoms with Crippen LogP contribution in [-0.4, -0.2) is 22.2 Å². The molecule has 0 bridgehead atoms. The smallest absolute Gasteiger partial charge is 0.405 e. The van der Waals surface area contributed by atoms with Gasteiger partial charge in [0.1, 0.15) is 5.71 Å². The summed E-state index contributed by atoms with van der Waals surface area (Å²) in [4.78, 5) is 20.2. The first-order chi connectivity index (χ1) is 13.3. The highest BCUT2D eigenvalue weighted by atomic mass is 19.4. The van der Waals surface area contributed by atoms with Gasteiger partial charge in [0.05, 0.1) is 11.3 Å². The van der Waals surface area contributed by atoms with Crippen LogP contribution in [0.3, 0.4) is 0 Å². The van der Waals surface area contributed by atoms with Crippen molar-refractivity contribution in [1.29, 1.82) is 5.41 Å². The first kappa shape index (κ1) is 20.6. The van der Waals surface area contributed by atoms with Crippen LogP contribution >= 0.6 is 0 Å². The third-order valence-corrected chi connectivity index (χ3v) is 3.32. The van der Waals surface area contributed by atoms with E-state index in [4.69, 9.17) is 11.1 Å². The van der Waals surface area contributed by atoms with E-state index < -0.39 is 23.2 Å². The van der Waals surface area contributed by atoms with Crippen molar-refractivity contribution in [1.82, 2.24) is 4.98 Å². The zero-order valence-electron chi connectivity index (χ0n) is 14.4. The Labute approximate surface area is 158 Å². The molecule has 144 valence electrons. The molecule has 0 saturated heterocycles. The molecule has 28 heavy (non-hydrogen) atoms. The number of nitrogens with one attached hydrogen (secondary N) is 2. The Hall–Kier alpha value is -3.75. The average Bonchev–Trinajstić information content (AvgIpc) is 2.67. The first-order valence-corrected chi connectivity index (χ1v) is 7.93. The lowest BCUT2D eigenvalue weighted by atomic mass is 10.1. The molecule has 0 atom stereocenters. The van der Waals surface area contributed by atoms with E-state index in [1.54, 1.807) is 18.2 Å². The Morgan fingerprint density at radius 2 is 1.96 bits per heavy atom. The summed E-state index contributed by atoms with van der Waals surface area (Å²) < 4.78 is 38.1. The van der Waals surface area contributed by atoms with Crippen molar-refractivity contribution in [2.75, 3.05) is 5.32 Å². The zero-order valence-corrected chi connectivity index (χ0v) is 14.4. The number of anilines is 1. The SMILES string of the molecule is N=C(C(=O)C=CNc1cccc(C(F)(F)F)c1)C(C=CN)=Nc1ccccn1. The number of hydrogen-bond donors (Lipinski definition) is 3. The quantitative estimate of drug-likeness (QED) is 0.496. The number of halogens is 3. The Bertz CT molecular complexity index is 934. The first-order valence-electron chi connectivity index (χ1n) is 7.93. The maximum atomic E-state index is 12.7. The second-order valence-electron chi connectivity index (χ2n) is 5.34. The van der Waals surface area contributed by atoms with Crippen LogP contribution in [0.15, 0.2) is 78.2 Å². The van der Waals surface area contributed by atoms with Crippen molar-refractivity contribution in [3.63, 3.8) is 0 Å². The number of carbonyl (C=O) groups is 1. The number of carbonyl (C=O) groups excluding carboxylic acids is 1. The van der Waals surface area contributed by atoms with E-state index in [9.17, 15) is 18.0 Å². The molecule has 0 fully saturated rings. The standard InChI is InChI=1S/C19H16F3N5O/c20-19(21,22)13-4-3-5-14(12-13)25-11-8-16(28)18(24)15(7-9-23)27-17-6-1-2-10-26-17/h1-12,24-25H,23H2. The number of aromatic nitrogens is 1. The van der Waals surface area contributed by atoms with Gasteiger partial charge >= 0.3 is 6.18 Å². The summed E-state index contributed by atoms with van der Waals surface area (Å²) in [6.45, 7) is 0. The lowest BCUT2D eigenvalue weighted by molar-refractivity contribution is -0.137. The highest BCUT2D eigenvalue weighted by Crippen LogP contribution is 2.30. The van der Waals surface area contributed by atoms with Gasteiger partial charge in [0.15, 0.2) is 5.82 Å². The number of pyridine rings is 1. The fraction of sp³-hybridized carbons (Fsp3) is 0.0526. The van der Waals surface area contributed by atoms with Crippen LogP contribution in [0.25, 0.3) is 0 Å². The fourth-order valence-corrected chi connectivity index (χ4v) is 2.02. The van der Waals surface area contributed by atoms with E-state index in [0.717, 1.165) is 30.6 Å². The van der Waals surface area contributed by atoms with E-state index in [1.165, 1.54) is 24.4 Å². The molecule has 0 aliphatic carbocycles. The average molecular weight is 387 g/mol. The third-order valence-electron chi connectivity index (χ3n) is 3.32. The number of nitrogens with two attached hydrogens (primary N) is 1. The number of alkyl halides is 3. The van der Waals surface area contributed by atoms with Crippen molar-refractivity contribution in [2.24, 2.45) is 10.7 Å². The summed E-state index contributed by atoms with van der Waals surface area (Å²) in [6.07, 6.45) is 1.62. The predicted molar refractivity (Wildman–Crippen MR) is 102 cm³/mol. The van der Waals surface area contributed by atoms with Crippen molar-refractivity contribution in [2.45, 2.75) is 6.18 Å². The fourth-order valence-electron chi connectivity index (χ4n) is 2.02. The van der Waals surface area contributed by atoms with Crippen LogP contribution in [0.5, 0.6) is 0 Å². The van der Waals surface area contributed by atoms with E-state index in [-0.39, 0.29) is 11.4 Å². The maximum absolute atomic E-state index is 12.7. The molecule has 0 aliphatic rings. The van der Waals surface area contributed by atoms with Crippen molar-refractivity contribution >= 4 is 28.7 Å². The zero-order chi connectivity index (χ0) is 20.6. The molecule has 9 heteroatoms. The van der Waals surface area contributed by atoms with Gasteiger partial charge in [-0.05, 0) is 42.6 Å². The molecule has 1 aromatic heterocycles. The van der Waals surface area contributed by atoms with Gasteiger partial charge < -0.3 is 11.1 Å². The molecule has 0 aliphatic heterocycles. The highest BCUT2D eigenvalue weighted by molar-refractivity contribution is 6.70. The van der Waals surface area contributed by atoms with Crippen molar-refractivity contribution in [3.05, 3.63) is 78.8 Å². The monoisotopic (exact) mass is 387 g/mol. The highest BCUT2D eigenvalue weighted by Gasteiger charge is 2.30. The number of rotatable bonds is 7. The number of aliphatic imine (C=N–C) groups is 1. The summed E-state index contributed by atoms with van der Waals surface area (Å²) in [6, 6.07) is 9.48. The van der Waals surface area contributed by atoms with Crippen molar-refractivity contribution < 1.29 is 18.0 Å². The molecule has 0 spiro atoms. The Morgan fingerprint density at radius 3 is 2.61 bits per heavy atom. The van der Waals surface area contributed by atoms with Crippen LogP contribution in [0.1, 0.15) is 5.56 Å². The summed E-state index contributed by atoms with van der Waals surface area (Å²) in [5.74, 6) is -0.425. The molecule has 6 nitrogen and oxygen atoms in total. The predicted octanol–water partition coefficient (Wildman–Crippen LogP) is 3.86. The van der Waals surface area contributed by atoms with E-state index >= 15 is 0 Å². The van der Waals surface area contributed by atoms with Gasteiger partial charge in [0, 0.05) is 24.2 Å². The lowest BCUT2D eigenvalue weighted by Gasteiger charge is -2.08. The summed E-state index contributed by atoms with van der Waals surface area (Å²) >= 11 is 0. The number of allylic oxidation sites excluding steroid dienone is 2. The molecule has 2 rings (SSSR count). The topological polar surface area (TPSA) is 104 Å². The molecule has 4 N–H and O–H groups in total. The normalized spacial score (nSPS) is 12.5. The number of ketones is 1. The molecular weight excluding hydrogens is 371 g/mol. The van der Waals surface area contributed by atoms with Gasteiger partial charge in [-0.15, -0.1) is 0 Å². The molecule has 0 radical (unpaired) electrons. The maximum Gasteiger partial charge on any atom is 0.416 e. The van der Waals surface area contributed by atoms with Crippen LogP contribution in [-0.2, 0) is 11.0 Å². The number of nitrogens with zero attached hydrogens (tertiary/aromatic N) is 2. The van der Waals surface area contributed by atoms with Gasteiger partial charge in [-0.2, -0.15) is 13.2 Å². The minimum absolute atomic E-state index is 0.00470. The third kappa shape index (κ3) is 5.90. The molecule has 0 saturated carbocycles. The number of benzene rings is 1. The second-order valence-corrected chi connectivity index (χ2v) is 5.34. The molecule has 0 unspecified atom stereocenters. The summed E-state index contributed by atoms with van der Waals surface area (Å²) in [7, 11) is 0. The Kier molecular flexibility index (Phi) is 6.80. The van der Waals surface area contributed by atoms with Gasteiger partial charge in [0.25, 0.3) is 0 Å². The number of hydrogen-bond acceptors (Lipinski definition) is 6. The van der Waals surface area contributed by atoms with Gasteiger partial charge in [-0.25, -0.2) is 9.98 Å². The van der Waals surface area contributed by atoms with Crippen LogP contribution in [0.4, 0.5) is 24.7 Å². The van der Waals surface area contributed by atoms with Gasteiger partial charge in [0.2, 0.25) is 5.78 Å². The van der Waals surface area contributed by atoms with Crippen molar-refractivity contribution in [3.8, 4) is 0 Å².